The fourth-order valence-electron chi connectivity index (χ4n) is 6.64. The van der Waals surface area contributed by atoms with E-state index in [4.69, 9.17) is 9.47 Å². The number of Topliss-reactive ketones (excluding diaryl/α,β-unsaturated/α-hetero) is 1. The molecule has 7 atom stereocenters. The first-order valence-electron chi connectivity index (χ1n) is 9.57. The Morgan fingerprint density at radius 1 is 1.08 bits per heavy atom. The molecule has 0 aromatic heterocycles. The van der Waals surface area contributed by atoms with Crippen molar-refractivity contribution in [2.24, 2.45) is 22.7 Å². The lowest BCUT2D eigenvalue weighted by Gasteiger charge is -2.65. The van der Waals surface area contributed by atoms with Crippen LogP contribution in [0.2, 0.25) is 0 Å². The van der Waals surface area contributed by atoms with Crippen molar-refractivity contribution >= 4 is 5.78 Å². The van der Waals surface area contributed by atoms with Crippen LogP contribution in [0.15, 0.2) is 0 Å². The Hall–Kier alpha value is -0.450. The van der Waals surface area contributed by atoms with E-state index in [9.17, 15) is 9.90 Å². The van der Waals surface area contributed by atoms with Crippen LogP contribution in [0.4, 0.5) is 0 Å². The Bertz CT molecular complexity index is 568. The molecule has 0 unspecified atom stereocenters. The van der Waals surface area contributed by atoms with Crippen LogP contribution in [0.5, 0.6) is 0 Å². The molecule has 0 aromatic rings. The van der Waals surface area contributed by atoms with Crippen molar-refractivity contribution < 1.29 is 19.4 Å². The van der Waals surface area contributed by atoms with Gasteiger partial charge in [-0.3, -0.25) is 4.79 Å². The van der Waals surface area contributed by atoms with Crippen molar-refractivity contribution in [3.63, 3.8) is 0 Å². The van der Waals surface area contributed by atoms with E-state index in [0.717, 1.165) is 25.7 Å². The average Bonchev–Trinajstić information content (AvgIpc) is 3.31. The van der Waals surface area contributed by atoms with Crippen molar-refractivity contribution in [1.82, 2.24) is 0 Å². The second-order valence-electron chi connectivity index (χ2n) is 9.97. The van der Waals surface area contributed by atoms with E-state index in [1.165, 1.54) is 0 Å². The number of carbonyl (C=O) groups excluding carboxylic acids is 1. The van der Waals surface area contributed by atoms with Crippen molar-refractivity contribution in [3.05, 3.63) is 0 Å². The van der Waals surface area contributed by atoms with Crippen LogP contribution in [0, 0.1) is 22.7 Å². The van der Waals surface area contributed by atoms with Gasteiger partial charge in [-0.2, -0.15) is 0 Å². The normalized spacial score (nSPS) is 56.3. The molecule has 0 amide bonds. The molecule has 0 spiro atoms. The summed E-state index contributed by atoms with van der Waals surface area (Å²) < 4.78 is 12.1. The molecule has 2 aliphatic heterocycles. The minimum Gasteiger partial charge on any atom is -0.390 e. The number of rotatable bonds is 1. The predicted molar refractivity (Wildman–Crippen MR) is 90.6 cm³/mol. The van der Waals surface area contributed by atoms with E-state index >= 15 is 0 Å². The Labute approximate surface area is 145 Å². The highest BCUT2D eigenvalue weighted by molar-refractivity contribution is 5.85. The van der Waals surface area contributed by atoms with Crippen molar-refractivity contribution in [3.8, 4) is 0 Å². The first kappa shape index (κ1) is 17.0. The Kier molecular flexibility index (Phi) is 3.42. The molecule has 2 saturated heterocycles. The highest BCUT2D eigenvalue weighted by Crippen LogP contribution is 2.65. The largest absolute Gasteiger partial charge is 0.390 e. The predicted octanol–water partition coefficient (Wildman–Crippen LogP) is 3.11. The van der Waals surface area contributed by atoms with Gasteiger partial charge in [0.2, 0.25) is 0 Å². The maximum absolute atomic E-state index is 12.5. The summed E-state index contributed by atoms with van der Waals surface area (Å²) in [6, 6.07) is 0. The van der Waals surface area contributed by atoms with E-state index in [0.29, 0.717) is 24.7 Å². The van der Waals surface area contributed by atoms with Crippen LogP contribution in [-0.2, 0) is 14.3 Å². The zero-order valence-corrected chi connectivity index (χ0v) is 15.7. The standard InChI is InChI=1S/C20H32O4/c1-17(2)12-6-9-19(4)13(18(12,3)8-7-14(17)21)10-15(22)20(5,24-19)16-11-23-16/h12-13,15-16,22H,6-11H2,1-5H3/t12-,13+,15-,16-,18-,19+,20-/m1/s1. The van der Waals surface area contributed by atoms with Crippen LogP contribution in [0.25, 0.3) is 0 Å². The van der Waals surface area contributed by atoms with Crippen molar-refractivity contribution in [1.29, 1.82) is 0 Å². The number of aliphatic hydroxyl groups is 1. The fourth-order valence-corrected chi connectivity index (χ4v) is 6.64. The second kappa shape index (κ2) is 4.83. The lowest BCUT2D eigenvalue weighted by molar-refractivity contribution is -0.297. The minimum absolute atomic E-state index is 0.0279. The average molecular weight is 336 g/mol. The summed E-state index contributed by atoms with van der Waals surface area (Å²) in [5.41, 5.74) is -1.03. The van der Waals surface area contributed by atoms with Crippen molar-refractivity contribution in [2.45, 2.75) is 90.1 Å². The summed E-state index contributed by atoms with van der Waals surface area (Å²) in [5, 5.41) is 10.9. The second-order valence-corrected chi connectivity index (χ2v) is 9.97. The van der Waals surface area contributed by atoms with Gasteiger partial charge in [0.25, 0.3) is 0 Å². The monoisotopic (exact) mass is 336 g/mol. The molecular weight excluding hydrogens is 304 g/mol. The van der Waals surface area contributed by atoms with Gasteiger partial charge in [0.05, 0.1) is 18.3 Å². The summed E-state index contributed by atoms with van der Waals surface area (Å²) in [6.45, 7) is 11.5. The molecule has 4 rings (SSSR count). The SMILES string of the molecule is CC1(C)C(=O)CC[C@]2(C)[C@@H]1CC[C@]1(C)O[C@@](C)([C@H]3CO3)[C@H](O)C[C@@H]21. The van der Waals surface area contributed by atoms with Gasteiger partial charge in [-0.25, -0.2) is 0 Å². The number of carbonyl (C=O) groups is 1. The highest BCUT2D eigenvalue weighted by Gasteiger charge is 2.66. The van der Waals surface area contributed by atoms with Crippen LogP contribution in [-0.4, -0.2) is 40.9 Å². The number of aliphatic hydroxyl groups excluding tert-OH is 1. The molecule has 1 N–H and O–H groups in total. The molecule has 4 fully saturated rings. The summed E-state index contributed by atoms with van der Waals surface area (Å²) in [5.74, 6) is 1.07. The minimum atomic E-state index is -0.589. The van der Waals surface area contributed by atoms with Gasteiger partial charge in [-0.15, -0.1) is 0 Å². The molecule has 4 nitrogen and oxygen atoms in total. The highest BCUT2D eigenvalue weighted by atomic mass is 16.6. The van der Waals surface area contributed by atoms with Gasteiger partial charge < -0.3 is 14.6 Å². The molecule has 4 heteroatoms. The Morgan fingerprint density at radius 3 is 2.38 bits per heavy atom. The molecule has 2 aliphatic carbocycles. The number of ether oxygens (including phenoxy) is 2. The molecule has 2 saturated carbocycles. The third-order valence-electron chi connectivity index (χ3n) is 8.29. The molecule has 0 aromatic carbocycles. The number of hydrogen-bond acceptors (Lipinski definition) is 4. The molecule has 0 bridgehead atoms. The van der Waals surface area contributed by atoms with Crippen molar-refractivity contribution in [2.75, 3.05) is 6.61 Å². The first-order chi connectivity index (χ1) is 11.0. The van der Waals surface area contributed by atoms with Crippen LogP contribution in [0.3, 0.4) is 0 Å². The smallest absolute Gasteiger partial charge is 0.138 e. The van der Waals surface area contributed by atoms with Gasteiger partial charge in [0.15, 0.2) is 0 Å². The fraction of sp³-hybridized carbons (Fsp3) is 0.950. The Morgan fingerprint density at radius 2 is 1.75 bits per heavy atom. The van der Waals surface area contributed by atoms with E-state index in [2.05, 4.69) is 27.7 Å². The third-order valence-corrected chi connectivity index (χ3v) is 8.29. The quantitative estimate of drug-likeness (QED) is 0.748. The topological polar surface area (TPSA) is 59.1 Å². The summed E-state index contributed by atoms with van der Waals surface area (Å²) >= 11 is 0. The van der Waals surface area contributed by atoms with Gasteiger partial charge in [-0.1, -0.05) is 20.8 Å². The first-order valence-corrected chi connectivity index (χ1v) is 9.57. The van der Waals surface area contributed by atoms with Gasteiger partial charge in [0.1, 0.15) is 17.5 Å². The van der Waals surface area contributed by atoms with E-state index < -0.39 is 11.7 Å². The van der Waals surface area contributed by atoms with Gasteiger partial charge >= 0.3 is 0 Å². The molecule has 4 aliphatic rings. The number of fused-ring (bicyclic) bond motifs is 3. The summed E-state index contributed by atoms with van der Waals surface area (Å²) in [4.78, 5) is 12.5. The van der Waals surface area contributed by atoms with Gasteiger partial charge in [0, 0.05) is 11.8 Å². The number of hydrogen-bond donors (Lipinski definition) is 1. The zero-order valence-electron chi connectivity index (χ0n) is 15.7. The maximum Gasteiger partial charge on any atom is 0.138 e. The van der Waals surface area contributed by atoms with E-state index in [1.807, 2.05) is 6.92 Å². The number of epoxide rings is 1. The molecule has 24 heavy (non-hydrogen) atoms. The zero-order chi connectivity index (χ0) is 17.5. The van der Waals surface area contributed by atoms with Crippen LogP contribution >= 0.6 is 0 Å². The lowest BCUT2D eigenvalue weighted by atomic mass is 9.44. The molecular formula is C20H32O4. The van der Waals surface area contributed by atoms with Crippen LogP contribution in [0.1, 0.15) is 66.7 Å². The molecule has 0 radical (unpaired) electrons. The Balaban J connectivity index is 1.70. The summed E-state index contributed by atoms with van der Waals surface area (Å²) in [6.07, 6.45) is 3.85. The molecule has 136 valence electrons. The van der Waals surface area contributed by atoms with E-state index in [1.54, 1.807) is 0 Å². The maximum atomic E-state index is 12.5. The van der Waals surface area contributed by atoms with E-state index in [-0.39, 0.29) is 28.5 Å². The number of ketones is 1. The van der Waals surface area contributed by atoms with Crippen LogP contribution < -0.4 is 0 Å². The molecule has 2 heterocycles. The summed E-state index contributed by atoms with van der Waals surface area (Å²) in [7, 11) is 0. The van der Waals surface area contributed by atoms with Gasteiger partial charge in [-0.05, 0) is 56.8 Å². The third kappa shape index (κ3) is 2.05. The lowest BCUT2D eigenvalue weighted by Crippen LogP contribution is -2.68.